The van der Waals surface area contributed by atoms with Gasteiger partial charge in [0.2, 0.25) is 0 Å². The van der Waals surface area contributed by atoms with E-state index >= 15 is 0 Å². The third kappa shape index (κ3) is 13.6. The van der Waals surface area contributed by atoms with Crippen molar-refractivity contribution in [3.8, 4) is 5.75 Å². The van der Waals surface area contributed by atoms with Gasteiger partial charge < -0.3 is 25.1 Å². The lowest BCUT2D eigenvalue weighted by molar-refractivity contribution is -0.142. The molecular weight excluding hydrogens is 346 g/mol. The van der Waals surface area contributed by atoms with Gasteiger partial charge in [0.15, 0.2) is 0 Å². The molecule has 0 saturated heterocycles. The highest BCUT2D eigenvalue weighted by molar-refractivity contribution is 5.85. The number of carbonyl (C=O) groups is 1. The van der Waals surface area contributed by atoms with Crippen molar-refractivity contribution in [3.63, 3.8) is 0 Å². The number of unbranched alkanes of at least 4 members (excludes halogenated alkanes) is 3. The molecule has 7 heteroatoms. The molecule has 0 heterocycles. The molecule has 1 aromatic carbocycles. The van der Waals surface area contributed by atoms with Crippen LogP contribution in [0.5, 0.6) is 5.75 Å². The smallest absolute Gasteiger partial charge is 0.329 e. The first-order valence-electron chi connectivity index (χ1n) is 8.51. The van der Waals surface area contributed by atoms with Crippen molar-refractivity contribution in [1.82, 2.24) is 0 Å². The van der Waals surface area contributed by atoms with E-state index in [0.717, 1.165) is 44.5 Å². The maximum Gasteiger partial charge on any atom is 0.329 e. The zero-order chi connectivity index (χ0) is 17.5. The van der Waals surface area contributed by atoms with Gasteiger partial charge in [0.1, 0.15) is 12.4 Å². The molecular formula is C18H30ClNO5. The van der Waals surface area contributed by atoms with E-state index in [1.54, 1.807) is 0 Å². The quantitative estimate of drug-likeness (QED) is 0.458. The second-order valence-corrected chi connectivity index (χ2v) is 5.51. The fourth-order valence-corrected chi connectivity index (χ4v) is 2.19. The lowest BCUT2D eigenvalue weighted by Crippen LogP contribution is -2.11. The molecule has 0 bridgehead atoms. The van der Waals surface area contributed by atoms with Gasteiger partial charge in [-0.15, -0.1) is 12.4 Å². The third-order valence-corrected chi connectivity index (χ3v) is 3.38. The summed E-state index contributed by atoms with van der Waals surface area (Å²) in [5, 5.41) is 8.39. The number of nitrogens with two attached hydrogens (primary N) is 1. The van der Waals surface area contributed by atoms with Gasteiger partial charge in [-0.05, 0) is 49.9 Å². The predicted octanol–water partition coefficient (Wildman–Crippen LogP) is 2.67. The lowest BCUT2D eigenvalue weighted by atomic mass is 10.1. The minimum absolute atomic E-state index is 0. The average Bonchev–Trinajstić information content (AvgIpc) is 2.56. The Bertz CT molecular complexity index is 459. The molecule has 0 unspecified atom stereocenters. The molecule has 144 valence electrons. The standard InChI is InChI=1S/C18H29NO5.ClH/c19-9-8-16-6-5-7-17(14-16)24-11-4-2-1-3-10-22-12-13-23-15-18(20)21;/h5-7,14H,1-4,8-13,15,19H2,(H,20,21);1H. The molecule has 6 nitrogen and oxygen atoms in total. The van der Waals surface area contributed by atoms with Gasteiger partial charge in [-0.3, -0.25) is 0 Å². The first-order valence-corrected chi connectivity index (χ1v) is 8.51. The van der Waals surface area contributed by atoms with Crippen LogP contribution in [-0.2, 0) is 20.7 Å². The molecule has 0 radical (unpaired) electrons. The van der Waals surface area contributed by atoms with Crippen LogP contribution >= 0.6 is 12.4 Å². The van der Waals surface area contributed by atoms with E-state index in [1.807, 2.05) is 18.2 Å². The van der Waals surface area contributed by atoms with Crippen LogP contribution in [0.2, 0.25) is 0 Å². The summed E-state index contributed by atoms with van der Waals surface area (Å²) in [5.74, 6) is -0.0473. The summed E-state index contributed by atoms with van der Waals surface area (Å²) >= 11 is 0. The first kappa shape index (κ1) is 23.7. The van der Waals surface area contributed by atoms with Gasteiger partial charge in [-0.2, -0.15) is 0 Å². The molecule has 1 rings (SSSR count). The van der Waals surface area contributed by atoms with Gasteiger partial charge in [0.25, 0.3) is 0 Å². The summed E-state index contributed by atoms with van der Waals surface area (Å²) in [4.78, 5) is 10.2. The number of halogens is 1. The highest BCUT2D eigenvalue weighted by Crippen LogP contribution is 2.14. The van der Waals surface area contributed by atoms with E-state index in [2.05, 4.69) is 6.07 Å². The van der Waals surface area contributed by atoms with Crippen molar-refractivity contribution in [1.29, 1.82) is 0 Å². The maximum atomic E-state index is 10.2. The number of benzene rings is 1. The van der Waals surface area contributed by atoms with Crippen LogP contribution in [0.25, 0.3) is 0 Å². The summed E-state index contributed by atoms with van der Waals surface area (Å²) in [7, 11) is 0. The Kier molecular flexibility index (Phi) is 15.3. The van der Waals surface area contributed by atoms with E-state index in [4.69, 9.17) is 25.1 Å². The minimum atomic E-state index is -0.955. The second kappa shape index (κ2) is 16.1. The fourth-order valence-electron chi connectivity index (χ4n) is 2.19. The summed E-state index contributed by atoms with van der Waals surface area (Å²) in [5.41, 5.74) is 6.76. The molecule has 0 aliphatic rings. The molecule has 1 aromatic rings. The summed E-state index contributed by atoms with van der Waals surface area (Å²) in [6.07, 6.45) is 5.07. The zero-order valence-electron chi connectivity index (χ0n) is 14.7. The average molecular weight is 376 g/mol. The van der Waals surface area contributed by atoms with Gasteiger partial charge in [0, 0.05) is 6.61 Å². The highest BCUT2D eigenvalue weighted by Gasteiger charge is 1.98. The van der Waals surface area contributed by atoms with Crippen molar-refractivity contribution < 1.29 is 24.1 Å². The van der Waals surface area contributed by atoms with E-state index in [1.165, 1.54) is 5.56 Å². The normalized spacial score (nSPS) is 10.3. The summed E-state index contributed by atoms with van der Waals surface area (Å²) in [6.45, 7) is 2.54. The van der Waals surface area contributed by atoms with Crippen molar-refractivity contribution in [2.24, 2.45) is 5.73 Å². The van der Waals surface area contributed by atoms with Crippen molar-refractivity contribution in [2.45, 2.75) is 32.1 Å². The number of ether oxygens (including phenoxy) is 3. The topological polar surface area (TPSA) is 91.0 Å². The Morgan fingerprint density at radius 3 is 2.44 bits per heavy atom. The van der Waals surface area contributed by atoms with Gasteiger partial charge in [0.05, 0.1) is 19.8 Å². The lowest BCUT2D eigenvalue weighted by Gasteiger charge is -2.08. The second-order valence-electron chi connectivity index (χ2n) is 5.51. The van der Waals surface area contributed by atoms with Crippen LogP contribution in [0.3, 0.4) is 0 Å². The molecule has 0 aromatic heterocycles. The van der Waals surface area contributed by atoms with E-state index in [9.17, 15) is 4.79 Å². The van der Waals surface area contributed by atoms with Crippen molar-refractivity contribution in [3.05, 3.63) is 29.8 Å². The predicted molar refractivity (Wildman–Crippen MR) is 99.7 cm³/mol. The maximum absolute atomic E-state index is 10.2. The largest absolute Gasteiger partial charge is 0.494 e. The fraction of sp³-hybridized carbons (Fsp3) is 0.611. The Balaban J connectivity index is 0.00000576. The molecule has 0 aliphatic heterocycles. The number of carboxylic acids is 1. The number of aliphatic carboxylic acids is 1. The van der Waals surface area contributed by atoms with E-state index in [-0.39, 0.29) is 19.0 Å². The van der Waals surface area contributed by atoms with Gasteiger partial charge >= 0.3 is 5.97 Å². The Hall–Kier alpha value is -1.34. The van der Waals surface area contributed by atoms with Crippen LogP contribution in [-0.4, -0.2) is 50.7 Å². The van der Waals surface area contributed by atoms with Crippen LogP contribution in [0.1, 0.15) is 31.2 Å². The minimum Gasteiger partial charge on any atom is -0.494 e. The monoisotopic (exact) mass is 375 g/mol. The number of hydrogen-bond acceptors (Lipinski definition) is 5. The molecule has 25 heavy (non-hydrogen) atoms. The summed E-state index contributed by atoms with van der Waals surface area (Å²) in [6, 6.07) is 8.08. The Labute approximate surface area is 156 Å². The van der Waals surface area contributed by atoms with Crippen LogP contribution < -0.4 is 10.5 Å². The Morgan fingerprint density at radius 1 is 1.00 bits per heavy atom. The van der Waals surface area contributed by atoms with Crippen LogP contribution in [0.4, 0.5) is 0 Å². The SMILES string of the molecule is Cl.NCCc1cccc(OCCCCCCOCCOCC(=O)O)c1. The third-order valence-electron chi connectivity index (χ3n) is 3.38. The molecule has 0 saturated carbocycles. The molecule has 3 N–H and O–H groups in total. The van der Waals surface area contributed by atoms with Gasteiger partial charge in [-0.25, -0.2) is 4.79 Å². The molecule has 0 aliphatic carbocycles. The number of hydrogen-bond donors (Lipinski definition) is 2. The van der Waals surface area contributed by atoms with E-state index in [0.29, 0.717) is 26.4 Å². The molecule has 0 atom stereocenters. The number of rotatable bonds is 15. The van der Waals surface area contributed by atoms with E-state index < -0.39 is 5.97 Å². The first-order chi connectivity index (χ1) is 11.7. The highest BCUT2D eigenvalue weighted by atomic mass is 35.5. The van der Waals surface area contributed by atoms with Crippen molar-refractivity contribution in [2.75, 3.05) is 39.6 Å². The molecule has 0 spiro atoms. The van der Waals surface area contributed by atoms with Crippen molar-refractivity contribution >= 4 is 18.4 Å². The van der Waals surface area contributed by atoms with Crippen LogP contribution in [0, 0.1) is 0 Å². The number of carboxylic acid groups (broad SMARTS) is 1. The molecule has 0 amide bonds. The van der Waals surface area contributed by atoms with Gasteiger partial charge in [-0.1, -0.05) is 18.6 Å². The molecule has 0 fully saturated rings. The van der Waals surface area contributed by atoms with Crippen LogP contribution in [0.15, 0.2) is 24.3 Å². The summed E-state index contributed by atoms with van der Waals surface area (Å²) < 4.78 is 16.0. The zero-order valence-corrected chi connectivity index (χ0v) is 15.5. The Morgan fingerprint density at radius 2 is 1.72 bits per heavy atom.